The minimum Gasteiger partial charge on any atom is -0.343 e. The number of hydrogen-bond acceptors (Lipinski definition) is 3. The normalized spacial score (nSPS) is 18.4. The zero-order chi connectivity index (χ0) is 17.4. The number of benzene rings is 1. The van der Waals surface area contributed by atoms with Gasteiger partial charge in [0.15, 0.2) is 0 Å². The summed E-state index contributed by atoms with van der Waals surface area (Å²) >= 11 is 5.99. The van der Waals surface area contributed by atoms with Crippen molar-refractivity contribution >= 4 is 34.3 Å². The molecule has 2 amide bonds. The van der Waals surface area contributed by atoms with E-state index in [0.29, 0.717) is 16.0 Å². The van der Waals surface area contributed by atoms with Crippen molar-refractivity contribution in [2.75, 3.05) is 19.6 Å². The number of carbonyl (C=O) groups is 2. The first-order valence-corrected chi connectivity index (χ1v) is 9.04. The molecule has 1 aliphatic carbocycles. The van der Waals surface area contributed by atoms with Crippen LogP contribution >= 0.6 is 11.6 Å². The van der Waals surface area contributed by atoms with Gasteiger partial charge in [-0.1, -0.05) is 11.6 Å². The summed E-state index contributed by atoms with van der Waals surface area (Å²) in [4.78, 5) is 30.8. The van der Waals surface area contributed by atoms with Crippen LogP contribution in [0, 0.1) is 5.41 Å². The number of carbonyl (C=O) groups excluding carboxylic acids is 2. The molecular weight excluding hydrogens is 338 g/mol. The lowest BCUT2D eigenvalue weighted by atomic mass is 9.94. The molecule has 5 nitrogen and oxygen atoms in total. The molecule has 25 heavy (non-hydrogen) atoms. The van der Waals surface area contributed by atoms with Crippen LogP contribution in [0.4, 0.5) is 0 Å². The Labute approximate surface area is 151 Å². The lowest BCUT2D eigenvalue weighted by Gasteiger charge is -2.32. The predicted octanol–water partition coefficient (Wildman–Crippen LogP) is 3.02. The number of halogens is 1. The first-order chi connectivity index (χ1) is 12.0. The minimum atomic E-state index is -0.293. The summed E-state index contributed by atoms with van der Waals surface area (Å²) < 4.78 is 0. The van der Waals surface area contributed by atoms with E-state index in [9.17, 15) is 9.59 Å². The smallest absolute Gasteiger partial charge is 0.253 e. The van der Waals surface area contributed by atoms with Gasteiger partial charge in [-0.15, -0.1) is 0 Å². The lowest BCUT2D eigenvalue weighted by Crippen LogP contribution is -2.44. The molecule has 1 N–H and O–H groups in total. The van der Waals surface area contributed by atoms with Gasteiger partial charge in [0, 0.05) is 29.7 Å². The zero-order valence-corrected chi connectivity index (χ0v) is 14.7. The number of hydrogen-bond donors (Lipinski definition) is 1. The zero-order valence-electron chi connectivity index (χ0n) is 13.9. The number of aromatic nitrogens is 1. The maximum Gasteiger partial charge on any atom is 0.253 e. The van der Waals surface area contributed by atoms with Crippen molar-refractivity contribution in [1.82, 2.24) is 15.2 Å². The van der Waals surface area contributed by atoms with Gasteiger partial charge in [0.2, 0.25) is 5.91 Å². The number of rotatable bonds is 3. The van der Waals surface area contributed by atoms with E-state index in [-0.39, 0.29) is 18.4 Å². The third-order valence-corrected chi connectivity index (χ3v) is 5.67. The maximum absolute atomic E-state index is 12.3. The molecule has 1 saturated carbocycles. The average molecular weight is 358 g/mol. The summed E-state index contributed by atoms with van der Waals surface area (Å²) in [5.41, 5.74) is 1.75. The van der Waals surface area contributed by atoms with Gasteiger partial charge in [0.05, 0.1) is 17.6 Å². The van der Waals surface area contributed by atoms with Crippen LogP contribution in [-0.2, 0) is 4.79 Å². The van der Waals surface area contributed by atoms with Crippen LogP contribution < -0.4 is 5.32 Å². The van der Waals surface area contributed by atoms with Crippen molar-refractivity contribution in [3.05, 3.63) is 41.0 Å². The summed E-state index contributed by atoms with van der Waals surface area (Å²) in [6.45, 7) is 1.65. The molecule has 1 aromatic carbocycles. The predicted molar refractivity (Wildman–Crippen MR) is 96.6 cm³/mol. The molecule has 0 bridgehead atoms. The molecular formula is C19H20ClN3O2. The van der Waals surface area contributed by atoms with Crippen molar-refractivity contribution in [2.45, 2.75) is 25.7 Å². The number of piperidine rings is 1. The number of pyridine rings is 1. The fraction of sp³-hybridized carbons (Fsp3) is 0.421. The Morgan fingerprint density at radius 3 is 2.64 bits per heavy atom. The standard InChI is InChI=1S/C19H20ClN3O2/c20-15-1-2-16-13(10-15)9-14(11-21-16)18(25)22-12-17(24)23-7-5-19(3-4-19)6-8-23/h1-2,9-11H,3-8,12H2,(H,22,25). The molecule has 2 aromatic rings. The van der Waals surface area contributed by atoms with Crippen LogP contribution in [0.25, 0.3) is 10.9 Å². The number of fused-ring (bicyclic) bond motifs is 1. The number of likely N-dealkylation sites (tertiary alicyclic amines) is 1. The van der Waals surface area contributed by atoms with E-state index in [4.69, 9.17) is 11.6 Å². The van der Waals surface area contributed by atoms with Crippen LogP contribution in [0.2, 0.25) is 5.02 Å². The summed E-state index contributed by atoms with van der Waals surface area (Å²) in [5, 5.41) is 4.11. The van der Waals surface area contributed by atoms with Gasteiger partial charge in [-0.2, -0.15) is 0 Å². The van der Waals surface area contributed by atoms with Gasteiger partial charge in [-0.05, 0) is 55.4 Å². The highest BCUT2D eigenvalue weighted by Gasteiger charge is 2.44. The first-order valence-electron chi connectivity index (χ1n) is 8.66. The SMILES string of the molecule is O=C(NCC(=O)N1CCC2(CC1)CC2)c1cnc2ccc(Cl)cc2c1. The Morgan fingerprint density at radius 2 is 1.92 bits per heavy atom. The van der Waals surface area contributed by atoms with Crippen molar-refractivity contribution in [3.8, 4) is 0 Å². The van der Waals surface area contributed by atoms with Crippen molar-refractivity contribution in [2.24, 2.45) is 5.41 Å². The van der Waals surface area contributed by atoms with Gasteiger partial charge in [-0.3, -0.25) is 14.6 Å². The van der Waals surface area contributed by atoms with Gasteiger partial charge in [0.25, 0.3) is 5.91 Å². The van der Waals surface area contributed by atoms with Crippen LogP contribution in [0.15, 0.2) is 30.5 Å². The Hall–Kier alpha value is -2.14. The molecule has 2 fully saturated rings. The lowest BCUT2D eigenvalue weighted by molar-refractivity contribution is -0.131. The molecule has 0 unspecified atom stereocenters. The van der Waals surface area contributed by atoms with Crippen LogP contribution in [-0.4, -0.2) is 41.3 Å². The monoisotopic (exact) mass is 357 g/mol. The van der Waals surface area contributed by atoms with Crippen LogP contribution in [0.1, 0.15) is 36.0 Å². The van der Waals surface area contributed by atoms with Crippen LogP contribution in [0.3, 0.4) is 0 Å². The first kappa shape index (κ1) is 16.3. The Bertz CT molecular complexity index is 838. The highest BCUT2D eigenvalue weighted by atomic mass is 35.5. The molecule has 6 heteroatoms. The van der Waals surface area contributed by atoms with E-state index >= 15 is 0 Å². The highest BCUT2D eigenvalue weighted by Crippen LogP contribution is 2.53. The third-order valence-electron chi connectivity index (χ3n) is 5.44. The van der Waals surface area contributed by atoms with Crippen molar-refractivity contribution < 1.29 is 9.59 Å². The number of nitrogens with one attached hydrogen (secondary N) is 1. The highest BCUT2D eigenvalue weighted by molar-refractivity contribution is 6.31. The molecule has 0 atom stereocenters. The molecule has 4 rings (SSSR count). The quantitative estimate of drug-likeness (QED) is 0.918. The van der Waals surface area contributed by atoms with E-state index in [1.807, 2.05) is 11.0 Å². The summed E-state index contributed by atoms with van der Waals surface area (Å²) in [7, 11) is 0. The van der Waals surface area contributed by atoms with E-state index in [2.05, 4.69) is 10.3 Å². The molecule has 0 radical (unpaired) electrons. The summed E-state index contributed by atoms with van der Waals surface area (Å²) in [5.74, 6) is -0.306. The van der Waals surface area contributed by atoms with Crippen molar-refractivity contribution in [3.63, 3.8) is 0 Å². The van der Waals surface area contributed by atoms with Gasteiger partial charge in [-0.25, -0.2) is 0 Å². The minimum absolute atomic E-state index is 0.0133. The van der Waals surface area contributed by atoms with E-state index in [1.54, 1.807) is 18.2 Å². The van der Waals surface area contributed by atoms with Crippen LogP contribution in [0.5, 0.6) is 0 Å². The van der Waals surface area contributed by atoms with E-state index in [1.165, 1.54) is 19.0 Å². The molecule has 1 aliphatic heterocycles. The Balaban J connectivity index is 1.36. The molecule has 2 heterocycles. The van der Waals surface area contributed by atoms with Gasteiger partial charge >= 0.3 is 0 Å². The second kappa shape index (κ2) is 6.30. The van der Waals surface area contributed by atoms with E-state index in [0.717, 1.165) is 36.8 Å². The topological polar surface area (TPSA) is 62.3 Å². The molecule has 2 aliphatic rings. The second-order valence-electron chi connectivity index (χ2n) is 7.12. The molecule has 130 valence electrons. The molecule has 1 spiro atoms. The number of amides is 2. The third kappa shape index (κ3) is 3.47. The Morgan fingerprint density at radius 1 is 1.16 bits per heavy atom. The molecule has 1 saturated heterocycles. The fourth-order valence-corrected chi connectivity index (χ4v) is 3.68. The Kier molecular flexibility index (Phi) is 4.12. The van der Waals surface area contributed by atoms with E-state index < -0.39 is 0 Å². The second-order valence-corrected chi connectivity index (χ2v) is 7.56. The van der Waals surface area contributed by atoms with Gasteiger partial charge < -0.3 is 10.2 Å². The van der Waals surface area contributed by atoms with Crippen molar-refractivity contribution in [1.29, 1.82) is 0 Å². The summed E-state index contributed by atoms with van der Waals surface area (Å²) in [6.07, 6.45) is 6.34. The average Bonchev–Trinajstić information content (AvgIpc) is 3.38. The largest absolute Gasteiger partial charge is 0.343 e. The fourth-order valence-electron chi connectivity index (χ4n) is 3.50. The molecule has 1 aromatic heterocycles. The maximum atomic E-state index is 12.3. The summed E-state index contributed by atoms with van der Waals surface area (Å²) in [6, 6.07) is 7.09. The number of nitrogens with zero attached hydrogens (tertiary/aromatic N) is 2. The van der Waals surface area contributed by atoms with Gasteiger partial charge in [0.1, 0.15) is 0 Å².